The summed E-state index contributed by atoms with van der Waals surface area (Å²) < 4.78 is 0. The van der Waals surface area contributed by atoms with Gasteiger partial charge in [0.2, 0.25) is 5.91 Å². The SMILES string of the molecule is CC(=O)NC1CCc2ccccc21. The lowest BCUT2D eigenvalue weighted by Gasteiger charge is -2.11. The van der Waals surface area contributed by atoms with Crippen LogP contribution >= 0.6 is 0 Å². The Morgan fingerprint density at radius 1 is 1.46 bits per heavy atom. The summed E-state index contributed by atoms with van der Waals surface area (Å²) in [5.41, 5.74) is 2.67. The highest BCUT2D eigenvalue weighted by Gasteiger charge is 2.21. The molecular formula is C11H13NO. The fourth-order valence-electron chi connectivity index (χ4n) is 1.95. The molecule has 0 radical (unpaired) electrons. The molecule has 2 nitrogen and oxygen atoms in total. The minimum absolute atomic E-state index is 0.0571. The number of hydrogen-bond donors (Lipinski definition) is 1. The fraction of sp³-hybridized carbons (Fsp3) is 0.364. The smallest absolute Gasteiger partial charge is 0.217 e. The standard InChI is InChI=1S/C11H13NO/c1-8(13)12-11-7-6-9-4-2-3-5-10(9)11/h2-5,11H,6-7H2,1H3,(H,12,13). The lowest BCUT2D eigenvalue weighted by molar-refractivity contribution is -0.119. The molecule has 1 amide bonds. The van der Waals surface area contributed by atoms with Gasteiger partial charge in [-0.2, -0.15) is 0 Å². The Morgan fingerprint density at radius 3 is 3.00 bits per heavy atom. The van der Waals surface area contributed by atoms with Crippen LogP contribution in [0.4, 0.5) is 0 Å². The van der Waals surface area contributed by atoms with E-state index in [-0.39, 0.29) is 11.9 Å². The topological polar surface area (TPSA) is 29.1 Å². The van der Waals surface area contributed by atoms with Crippen LogP contribution in [0, 0.1) is 0 Å². The number of fused-ring (bicyclic) bond motifs is 1. The summed E-state index contributed by atoms with van der Waals surface area (Å²) >= 11 is 0. The van der Waals surface area contributed by atoms with Gasteiger partial charge >= 0.3 is 0 Å². The Balaban J connectivity index is 2.23. The maximum absolute atomic E-state index is 10.9. The highest BCUT2D eigenvalue weighted by atomic mass is 16.1. The Morgan fingerprint density at radius 2 is 2.23 bits per heavy atom. The summed E-state index contributed by atoms with van der Waals surface area (Å²) in [6.07, 6.45) is 2.13. The van der Waals surface area contributed by atoms with Crippen LogP contribution in [0.1, 0.15) is 30.5 Å². The Bertz CT molecular complexity index is 333. The van der Waals surface area contributed by atoms with Gasteiger partial charge in [0.1, 0.15) is 0 Å². The monoisotopic (exact) mass is 175 g/mol. The van der Waals surface area contributed by atoms with Crippen molar-refractivity contribution in [2.45, 2.75) is 25.8 Å². The average Bonchev–Trinajstić information content (AvgIpc) is 2.48. The molecule has 0 fully saturated rings. The summed E-state index contributed by atoms with van der Waals surface area (Å²) in [5.74, 6) is 0.0571. The van der Waals surface area contributed by atoms with Gasteiger partial charge in [0, 0.05) is 6.92 Å². The van der Waals surface area contributed by atoms with Crippen molar-refractivity contribution in [3.05, 3.63) is 35.4 Å². The van der Waals surface area contributed by atoms with Crippen molar-refractivity contribution in [3.8, 4) is 0 Å². The molecule has 1 aliphatic carbocycles. The largest absolute Gasteiger partial charge is 0.350 e. The molecule has 0 saturated heterocycles. The number of aryl methyl sites for hydroxylation is 1. The zero-order valence-electron chi connectivity index (χ0n) is 7.71. The predicted molar refractivity (Wildman–Crippen MR) is 51.3 cm³/mol. The molecule has 13 heavy (non-hydrogen) atoms. The van der Waals surface area contributed by atoms with Crippen molar-refractivity contribution in [2.75, 3.05) is 0 Å². The van der Waals surface area contributed by atoms with Crippen LogP contribution in [0.25, 0.3) is 0 Å². The Labute approximate surface area is 78.0 Å². The molecule has 2 rings (SSSR count). The normalized spacial score (nSPS) is 19.6. The van der Waals surface area contributed by atoms with Crippen molar-refractivity contribution in [1.82, 2.24) is 5.32 Å². The van der Waals surface area contributed by atoms with Crippen LogP contribution in [0.5, 0.6) is 0 Å². The molecule has 0 saturated carbocycles. The van der Waals surface area contributed by atoms with Gasteiger partial charge in [0.15, 0.2) is 0 Å². The van der Waals surface area contributed by atoms with Gasteiger partial charge in [-0.05, 0) is 24.0 Å². The zero-order valence-corrected chi connectivity index (χ0v) is 7.71. The number of hydrogen-bond acceptors (Lipinski definition) is 1. The van der Waals surface area contributed by atoms with E-state index in [1.807, 2.05) is 6.07 Å². The Hall–Kier alpha value is -1.31. The second-order valence-corrected chi connectivity index (χ2v) is 3.49. The maximum atomic E-state index is 10.9. The molecule has 1 atom stereocenters. The molecule has 0 aromatic heterocycles. The third-order valence-electron chi connectivity index (χ3n) is 2.51. The predicted octanol–water partition coefficient (Wildman–Crippen LogP) is 1.81. The van der Waals surface area contributed by atoms with Crippen molar-refractivity contribution in [3.63, 3.8) is 0 Å². The van der Waals surface area contributed by atoms with E-state index in [1.54, 1.807) is 6.92 Å². The molecule has 1 unspecified atom stereocenters. The second-order valence-electron chi connectivity index (χ2n) is 3.49. The van der Waals surface area contributed by atoms with E-state index < -0.39 is 0 Å². The molecule has 2 heteroatoms. The molecule has 1 aliphatic rings. The highest BCUT2D eigenvalue weighted by molar-refractivity contribution is 5.73. The van der Waals surface area contributed by atoms with E-state index in [0.29, 0.717) is 0 Å². The number of carbonyl (C=O) groups excluding carboxylic acids is 1. The number of carbonyl (C=O) groups is 1. The summed E-state index contributed by atoms with van der Waals surface area (Å²) in [4.78, 5) is 10.9. The molecule has 0 heterocycles. The van der Waals surface area contributed by atoms with E-state index in [4.69, 9.17) is 0 Å². The lowest BCUT2D eigenvalue weighted by atomic mass is 10.1. The third-order valence-corrected chi connectivity index (χ3v) is 2.51. The first-order chi connectivity index (χ1) is 6.27. The molecule has 0 bridgehead atoms. The molecule has 0 aliphatic heterocycles. The van der Waals surface area contributed by atoms with Gasteiger partial charge in [-0.15, -0.1) is 0 Å². The third kappa shape index (κ3) is 1.57. The van der Waals surface area contributed by atoms with Crippen molar-refractivity contribution in [2.24, 2.45) is 0 Å². The van der Waals surface area contributed by atoms with E-state index in [2.05, 4.69) is 23.5 Å². The Kier molecular flexibility index (Phi) is 2.05. The number of rotatable bonds is 1. The van der Waals surface area contributed by atoms with Gasteiger partial charge in [-0.3, -0.25) is 4.79 Å². The number of benzene rings is 1. The first-order valence-electron chi connectivity index (χ1n) is 4.62. The van der Waals surface area contributed by atoms with E-state index >= 15 is 0 Å². The average molecular weight is 175 g/mol. The molecule has 1 aromatic rings. The highest BCUT2D eigenvalue weighted by Crippen LogP contribution is 2.30. The van der Waals surface area contributed by atoms with Crippen LogP contribution in [0.2, 0.25) is 0 Å². The molecule has 0 spiro atoms. The van der Waals surface area contributed by atoms with Gasteiger partial charge < -0.3 is 5.32 Å². The van der Waals surface area contributed by atoms with Gasteiger partial charge in [-0.1, -0.05) is 24.3 Å². The minimum atomic E-state index is 0.0571. The first kappa shape index (κ1) is 8.30. The summed E-state index contributed by atoms with van der Waals surface area (Å²) in [7, 11) is 0. The molecule has 1 N–H and O–H groups in total. The van der Waals surface area contributed by atoms with Crippen LogP contribution in [-0.2, 0) is 11.2 Å². The lowest BCUT2D eigenvalue weighted by Crippen LogP contribution is -2.23. The second kappa shape index (κ2) is 3.21. The van der Waals surface area contributed by atoms with Crippen LogP contribution < -0.4 is 5.32 Å². The minimum Gasteiger partial charge on any atom is -0.350 e. The number of amides is 1. The molecule has 1 aromatic carbocycles. The van der Waals surface area contributed by atoms with Gasteiger partial charge in [-0.25, -0.2) is 0 Å². The maximum Gasteiger partial charge on any atom is 0.217 e. The summed E-state index contributed by atoms with van der Waals surface area (Å²) in [5, 5.41) is 2.96. The number of nitrogens with one attached hydrogen (secondary N) is 1. The molecule has 68 valence electrons. The summed E-state index contributed by atoms with van der Waals surface area (Å²) in [6.45, 7) is 1.57. The summed E-state index contributed by atoms with van der Waals surface area (Å²) in [6, 6.07) is 8.56. The van der Waals surface area contributed by atoms with Crippen molar-refractivity contribution < 1.29 is 4.79 Å². The van der Waals surface area contributed by atoms with Gasteiger partial charge in [0.25, 0.3) is 0 Å². The zero-order chi connectivity index (χ0) is 9.26. The quantitative estimate of drug-likeness (QED) is 0.693. The van der Waals surface area contributed by atoms with E-state index in [1.165, 1.54) is 11.1 Å². The molecular weight excluding hydrogens is 162 g/mol. The van der Waals surface area contributed by atoms with Crippen LogP contribution in [-0.4, -0.2) is 5.91 Å². The van der Waals surface area contributed by atoms with E-state index in [9.17, 15) is 4.79 Å². The first-order valence-corrected chi connectivity index (χ1v) is 4.62. The van der Waals surface area contributed by atoms with Crippen molar-refractivity contribution >= 4 is 5.91 Å². The van der Waals surface area contributed by atoms with E-state index in [0.717, 1.165) is 12.8 Å². The van der Waals surface area contributed by atoms with Gasteiger partial charge in [0.05, 0.1) is 6.04 Å². The van der Waals surface area contributed by atoms with Crippen LogP contribution in [0.15, 0.2) is 24.3 Å². The van der Waals surface area contributed by atoms with Crippen LogP contribution in [0.3, 0.4) is 0 Å². The fourth-order valence-corrected chi connectivity index (χ4v) is 1.95. The van der Waals surface area contributed by atoms with Crippen molar-refractivity contribution in [1.29, 1.82) is 0 Å².